The van der Waals surface area contributed by atoms with Crippen molar-refractivity contribution >= 4 is 0 Å². The topological polar surface area (TPSA) is 48.1 Å². The van der Waals surface area contributed by atoms with Gasteiger partial charge in [0.2, 0.25) is 5.88 Å². The Kier molecular flexibility index (Phi) is 4.63. The minimum absolute atomic E-state index is 0.0197. The molecule has 0 saturated heterocycles. The van der Waals surface area contributed by atoms with Gasteiger partial charge < -0.3 is 10.5 Å². The lowest BCUT2D eigenvalue weighted by atomic mass is 9.86. The Hall–Kier alpha value is -1.87. The van der Waals surface area contributed by atoms with Gasteiger partial charge in [0.25, 0.3) is 0 Å². The third-order valence-corrected chi connectivity index (χ3v) is 3.42. The molecule has 0 bridgehead atoms. The number of hydrogen-bond donors (Lipinski definition) is 1. The maximum Gasteiger partial charge on any atom is 0.222 e. The lowest BCUT2D eigenvalue weighted by molar-refractivity contribution is 0.434. The number of ether oxygens (including phenoxy) is 1. The summed E-state index contributed by atoms with van der Waals surface area (Å²) in [7, 11) is 0. The number of aromatic nitrogens is 1. The summed E-state index contributed by atoms with van der Waals surface area (Å²) in [5.74, 6) is 1.53. The molecule has 0 aliphatic carbocycles. The van der Waals surface area contributed by atoms with Gasteiger partial charge in [-0.2, -0.15) is 0 Å². The van der Waals surface area contributed by atoms with Crippen molar-refractivity contribution in [1.29, 1.82) is 0 Å². The van der Waals surface area contributed by atoms with Gasteiger partial charge in [-0.05, 0) is 43.0 Å². The molecule has 112 valence electrons. The highest BCUT2D eigenvalue weighted by molar-refractivity contribution is 5.44. The number of pyridine rings is 1. The third kappa shape index (κ3) is 3.82. The molecule has 1 aromatic carbocycles. The van der Waals surface area contributed by atoms with Gasteiger partial charge in [0, 0.05) is 17.3 Å². The van der Waals surface area contributed by atoms with E-state index in [0.717, 1.165) is 17.7 Å². The minimum Gasteiger partial charge on any atom is -0.438 e. The average Bonchev–Trinajstić information content (AvgIpc) is 2.40. The third-order valence-electron chi connectivity index (χ3n) is 3.42. The predicted molar refractivity (Wildman–Crippen MR) is 86.9 cm³/mol. The molecule has 0 spiro atoms. The van der Waals surface area contributed by atoms with Crippen molar-refractivity contribution in [1.82, 2.24) is 4.98 Å². The number of benzene rings is 1. The number of nitrogens with two attached hydrogens (primary N) is 1. The molecule has 0 unspecified atom stereocenters. The Morgan fingerprint density at radius 2 is 1.95 bits per heavy atom. The molecule has 0 radical (unpaired) electrons. The van der Waals surface area contributed by atoms with Gasteiger partial charge in [0.15, 0.2) is 0 Å². The first kappa shape index (κ1) is 15.5. The second-order valence-electron chi connectivity index (χ2n) is 6.36. The molecule has 1 heterocycles. The molecule has 0 atom stereocenters. The highest BCUT2D eigenvalue weighted by Gasteiger charge is 2.20. The van der Waals surface area contributed by atoms with Gasteiger partial charge in [0.05, 0.1) is 0 Å². The Bertz CT molecular complexity index is 615. The molecule has 2 aromatic rings. The average molecular weight is 284 g/mol. The molecule has 21 heavy (non-hydrogen) atoms. The standard InChI is InChI=1S/C18H24N2O/c1-13-7-8-15(18(2,3)4)16(12-13)21-17-14(9-10-19)6-5-11-20-17/h5-8,11-12H,9-10,19H2,1-4H3. The highest BCUT2D eigenvalue weighted by atomic mass is 16.5. The van der Waals surface area contributed by atoms with Crippen LogP contribution in [-0.2, 0) is 11.8 Å². The summed E-state index contributed by atoms with van der Waals surface area (Å²) >= 11 is 0. The summed E-state index contributed by atoms with van der Waals surface area (Å²) in [5, 5.41) is 0. The zero-order valence-electron chi connectivity index (χ0n) is 13.3. The Morgan fingerprint density at radius 3 is 2.62 bits per heavy atom. The maximum absolute atomic E-state index is 6.13. The molecule has 0 saturated carbocycles. The van der Waals surface area contributed by atoms with Crippen molar-refractivity contribution in [2.75, 3.05) is 6.54 Å². The van der Waals surface area contributed by atoms with Gasteiger partial charge >= 0.3 is 0 Å². The Labute approximate surface area is 127 Å². The van der Waals surface area contributed by atoms with Crippen LogP contribution in [0.25, 0.3) is 0 Å². The molecule has 1 aromatic heterocycles. The van der Waals surface area contributed by atoms with Crippen molar-refractivity contribution in [2.45, 2.75) is 39.5 Å². The van der Waals surface area contributed by atoms with Crippen LogP contribution in [0.15, 0.2) is 36.5 Å². The van der Waals surface area contributed by atoms with Crippen molar-refractivity contribution in [3.8, 4) is 11.6 Å². The minimum atomic E-state index is 0.0197. The maximum atomic E-state index is 6.13. The van der Waals surface area contributed by atoms with Crippen LogP contribution in [0, 0.1) is 6.92 Å². The van der Waals surface area contributed by atoms with E-state index in [1.165, 1.54) is 11.1 Å². The summed E-state index contributed by atoms with van der Waals surface area (Å²) in [4.78, 5) is 4.37. The van der Waals surface area contributed by atoms with E-state index in [1.54, 1.807) is 6.20 Å². The van der Waals surface area contributed by atoms with Gasteiger partial charge in [-0.15, -0.1) is 0 Å². The summed E-state index contributed by atoms with van der Waals surface area (Å²) in [6, 6.07) is 10.3. The predicted octanol–water partition coefficient (Wildman–Crippen LogP) is 3.98. The molecular weight excluding hydrogens is 260 g/mol. The van der Waals surface area contributed by atoms with Crippen LogP contribution in [-0.4, -0.2) is 11.5 Å². The van der Waals surface area contributed by atoms with Crippen LogP contribution in [0.1, 0.15) is 37.5 Å². The van der Waals surface area contributed by atoms with E-state index in [0.29, 0.717) is 12.4 Å². The van der Waals surface area contributed by atoms with E-state index in [2.05, 4.69) is 50.9 Å². The molecule has 2 N–H and O–H groups in total. The van der Waals surface area contributed by atoms with Crippen molar-refractivity contribution < 1.29 is 4.74 Å². The van der Waals surface area contributed by atoms with Gasteiger partial charge in [0.1, 0.15) is 5.75 Å². The number of aryl methyl sites for hydroxylation is 1. The molecule has 2 rings (SSSR count). The molecular formula is C18H24N2O. The lowest BCUT2D eigenvalue weighted by Gasteiger charge is -2.23. The van der Waals surface area contributed by atoms with E-state index in [-0.39, 0.29) is 5.41 Å². The van der Waals surface area contributed by atoms with Crippen LogP contribution >= 0.6 is 0 Å². The second kappa shape index (κ2) is 6.27. The van der Waals surface area contributed by atoms with Crippen molar-refractivity contribution in [3.63, 3.8) is 0 Å². The summed E-state index contributed by atoms with van der Waals surface area (Å²) in [5.41, 5.74) is 9.08. The van der Waals surface area contributed by atoms with Crippen LogP contribution in [0.4, 0.5) is 0 Å². The monoisotopic (exact) mass is 284 g/mol. The van der Waals surface area contributed by atoms with E-state index in [1.807, 2.05) is 12.1 Å². The number of nitrogens with zero attached hydrogens (tertiary/aromatic N) is 1. The number of rotatable bonds is 4. The van der Waals surface area contributed by atoms with E-state index < -0.39 is 0 Å². The molecule has 0 aliphatic heterocycles. The first-order valence-electron chi connectivity index (χ1n) is 7.35. The van der Waals surface area contributed by atoms with E-state index in [9.17, 15) is 0 Å². The van der Waals surface area contributed by atoms with Crippen molar-refractivity contribution in [3.05, 3.63) is 53.2 Å². The largest absolute Gasteiger partial charge is 0.438 e. The smallest absolute Gasteiger partial charge is 0.222 e. The zero-order chi connectivity index (χ0) is 15.5. The summed E-state index contributed by atoms with van der Waals surface area (Å²) in [6.07, 6.45) is 2.52. The van der Waals surface area contributed by atoms with Crippen LogP contribution in [0.5, 0.6) is 11.6 Å². The SMILES string of the molecule is Cc1ccc(C(C)(C)C)c(Oc2ncccc2CCN)c1. The molecule has 0 amide bonds. The summed E-state index contributed by atoms with van der Waals surface area (Å²) in [6.45, 7) is 9.21. The van der Waals surface area contributed by atoms with Gasteiger partial charge in [-0.25, -0.2) is 4.98 Å². The molecule has 0 fully saturated rings. The Morgan fingerprint density at radius 1 is 1.19 bits per heavy atom. The second-order valence-corrected chi connectivity index (χ2v) is 6.36. The molecule has 3 heteroatoms. The van der Waals surface area contributed by atoms with Crippen LogP contribution in [0.3, 0.4) is 0 Å². The van der Waals surface area contributed by atoms with Crippen LogP contribution in [0.2, 0.25) is 0 Å². The van der Waals surface area contributed by atoms with Crippen molar-refractivity contribution in [2.24, 2.45) is 5.73 Å². The van der Waals surface area contributed by atoms with Crippen LogP contribution < -0.4 is 10.5 Å². The van der Waals surface area contributed by atoms with Gasteiger partial charge in [-0.3, -0.25) is 0 Å². The molecule has 3 nitrogen and oxygen atoms in total. The quantitative estimate of drug-likeness (QED) is 0.923. The fraction of sp³-hybridized carbons (Fsp3) is 0.389. The lowest BCUT2D eigenvalue weighted by Crippen LogP contribution is -2.13. The zero-order valence-corrected chi connectivity index (χ0v) is 13.3. The highest BCUT2D eigenvalue weighted by Crippen LogP contribution is 2.35. The van der Waals surface area contributed by atoms with E-state index >= 15 is 0 Å². The summed E-state index contributed by atoms with van der Waals surface area (Å²) < 4.78 is 6.13. The Balaban J connectivity index is 2.42. The van der Waals surface area contributed by atoms with Gasteiger partial charge in [-0.1, -0.05) is 39.0 Å². The fourth-order valence-corrected chi connectivity index (χ4v) is 2.30. The number of hydrogen-bond acceptors (Lipinski definition) is 3. The van der Waals surface area contributed by atoms with E-state index in [4.69, 9.17) is 10.5 Å². The normalized spacial score (nSPS) is 11.5. The fourth-order valence-electron chi connectivity index (χ4n) is 2.30. The molecule has 0 aliphatic rings. The first-order chi connectivity index (χ1) is 9.91. The first-order valence-corrected chi connectivity index (χ1v) is 7.35.